The molecule has 0 radical (unpaired) electrons. The first-order valence-electron chi connectivity index (χ1n) is 6.28. The Morgan fingerprint density at radius 3 is 2.78 bits per heavy atom. The zero-order chi connectivity index (χ0) is 13.7. The van der Waals surface area contributed by atoms with Crippen molar-refractivity contribution < 1.29 is 0 Å². The molecule has 1 rings (SSSR count). The Bertz CT molecular complexity index is 393. The SMILES string of the molecule is Cc1c(N)cnc(NCCCN(C)C(C)C)c1Br. The molecular formula is C13H23BrN4. The molecule has 3 N–H and O–H groups in total. The second-order valence-electron chi connectivity index (χ2n) is 4.86. The van der Waals surface area contributed by atoms with Gasteiger partial charge in [-0.3, -0.25) is 0 Å². The molecule has 0 unspecified atom stereocenters. The number of anilines is 2. The lowest BCUT2D eigenvalue weighted by atomic mass is 10.2. The summed E-state index contributed by atoms with van der Waals surface area (Å²) in [7, 11) is 2.15. The number of nitrogens with zero attached hydrogens (tertiary/aromatic N) is 2. The molecule has 0 atom stereocenters. The largest absolute Gasteiger partial charge is 0.397 e. The van der Waals surface area contributed by atoms with Crippen LogP contribution in [0.4, 0.5) is 11.5 Å². The van der Waals surface area contributed by atoms with E-state index in [0.717, 1.165) is 35.4 Å². The maximum Gasteiger partial charge on any atom is 0.140 e. The van der Waals surface area contributed by atoms with Gasteiger partial charge in [0.05, 0.1) is 16.4 Å². The molecule has 5 heteroatoms. The smallest absolute Gasteiger partial charge is 0.140 e. The van der Waals surface area contributed by atoms with Crippen LogP contribution in [0.3, 0.4) is 0 Å². The fourth-order valence-electron chi connectivity index (χ4n) is 1.51. The molecule has 0 bridgehead atoms. The lowest BCUT2D eigenvalue weighted by Crippen LogP contribution is -2.28. The second kappa shape index (κ2) is 6.95. The molecule has 4 nitrogen and oxygen atoms in total. The van der Waals surface area contributed by atoms with Gasteiger partial charge in [0.1, 0.15) is 5.82 Å². The minimum Gasteiger partial charge on any atom is -0.397 e. The molecule has 0 aliphatic carbocycles. The van der Waals surface area contributed by atoms with Crippen molar-refractivity contribution in [3.8, 4) is 0 Å². The van der Waals surface area contributed by atoms with Crippen LogP contribution in [0.15, 0.2) is 10.7 Å². The number of hydrogen-bond acceptors (Lipinski definition) is 4. The molecule has 0 amide bonds. The molecule has 0 spiro atoms. The summed E-state index contributed by atoms with van der Waals surface area (Å²) >= 11 is 3.52. The highest BCUT2D eigenvalue weighted by atomic mass is 79.9. The molecule has 18 heavy (non-hydrogen) atoms. The first-order valence-corrected chi connectivity index (χ1v) is 7.07. The fraction of sp³-hybridized carbons (Fsp3) is 0.615. The standard InChI is InChI=1S/C13H23BrN4/c1-9(2)18(4)7-5-6-16-13-12(14)10(3)11(15)8-17-13/h8-9H,5-7,15H2,1-4H3,(H,16,17). The predicted molar refractivity (Wildman–Crippen MR) is 82.0 cm³/mol. The molecule has 0 saturated carbocycles. The third-order valence-electron chi connectivity index (χ3n) is 3.16. The molecule has 0 fully saturated rings. The van der Waals surface area contributed by atoms with Crippen molar-refractivity contribution in [3.05, 3.63) is 16.2 Å². The van der Waals surface area contributed by atoms with Gasteiger partial charge in [0.2, 0.25) is 0 Å². The summed E-state index contributed by atoms with van der Waals surface area (Å²) in [5.74, 6) is 0.869. The average Bonchev–Trinajstić information content (AvgIpc) is 2.33. The zero-order valence-electron chi connectivity index (χ0n) is 11.6. The van der Waals surface area contributed by atoms with Crippen molar-refractivity contribution in [2.45, 2.75) is 33.2 Å². The van der Waals surface area contributed by atoms with Crippen molar-refractivity contribution in [2.24, 2.45) is 0 Å². The summed E-state index contributed by atoms with van der Waals surface area (Å²) in [6.07, 6.45) is 2.79. The quantitative estimate of drug-likeness (QED) is 0.793. The monoisotopic (exact) mass is 314 g/mol. The van der Waals surface area contributed by atoms with Gasteiger partial charge in [-0.05, 0) is 62.3 Å². The summed E-state index contributed by atoms with van der Waals surface area (Å²) in [4.78, 5) is 6.63. The molecule has 0 aliphatic rings. The number of rotatable bonds is 6. The van der Waals surface area contributed by atoms with E-state index >= 15 is 0 Å². The third-order valence-corrected chi connectivity index (χ3v) is 4.13. The molecule has 0 aliphatic heterocycles. The van der Waals surface area contributed by atoms with E-state index in [0.29, 0.717) is 11.7 Å². The molecule has 0 saturated heterocycles. The van der Waals surface area contributed by atoms with Crippen molar-refractivity contribution >= 4 is 27.4 Å². The van der Waals surface area contributed by atoms with Gasteiger partial charge in [-0.1, -0.05) is 0 Å². The Morgan fingerprint density at radius 2 is 2.17 bits per heavy atom. The number of pyridine rings is 1. The third kappa shape index (κ3) is 4.14. The zero-order valence-corrected chi connectivity index (χ0v) is 13.2. The minimum absolute atomic E-state index is 0.591. The summed E-state index contributed by atoms with van der Waals surface area (Å²) in [5.41, 5.74) is 7.54. The van der Waals surface area contributed by atoms with E-state index in [2.05, 4.69) is 52.0 Å². The van der Waals surface area contributed by atoms with Gasteiger partial charge in [-0.15, -0.1) is 0 Å². The lowest BCUT2D eigenvalue weighted by Gasteiger charge is -2.21. The van der Waals surface area contributed by atoms with Crippen LogP contribution in [-0.2, 0) is 0 Å². The van der Waals surface area contributed by atoms with Crippen LogP contribution in [0.5, 0.6) is 0 Å². The van der Waals surface area contributed by atoms with Gasteiger partial charge in [0.25, 0.3) is 0 Å². The number of nitrogens with one attached hydrogen (secondary N) is 1. The Hall–Kier alpha value is -0.810. The minimum atomic E-state index is 0.591. The summed E-state index contributed by atoms with van der Waals surface area (Å²) < 4.78 is 0.958. The van der Waals surface area contributed by atoms with Crippen LogP contribution < -0.4 is 11.1 Å². The van der Waals surface area contributed by atoms with Crippen molar-refractivity contribution in [2.75, 3.05) is 31.2 Å². The Morgan fingerprint density at radius 1 is 1.50 bits per heavy atom. The topological polar surface area (TPSA) is 54.2 Å². The Labute approximate surface area is 118 Å². The van der Waals surface area contributed by atoms with Crippen LogP contribution in [0.2, 0.25) is 0 Å². The highest BCUT2D eigenvalue weighted by Crippen LogP contribution is 2.27. The Kier molecular flexibility index (Phi) is 5.88. The van der Waals surface area contributed by atoms with Crippen LogP contribution in [0.25, 0.3) is 0 Å². The highest BCUT2D eigenvalue weighted by Gasteiger charge is 2.07. The second-order valence-corrected chi connectivity index (χ2v) is 5.65. The van der Waals surface area contributed by atoms with Crippen molar-refractivity contribution in [3.63, 3.8) is 0 Å². The van der Waals surface area contributed by atoms with E-state index in [1.165, 1.54) is 0 Å². The average molecular weight is 315 g/mol. The van der Waals surface area contributed by atoms with Gasteiger partial charge in [-0.25, -0.2) is 4.98 Å². The normalized spacial score (nSPS) is 11.3. The van der Waals surface area contributed by atoms with E-state index in [-0.39, 0.29) is 0 Å². The van der Waals surface area contributed by atoms with Crippen LogP contribution in [-0.4, -0.2) is 36.1 Å². The molecule has 1 aromatic heterocycles. The van der Waals surface area contributed by atoms with E-state index in [1.807, 2.05) is 6.92 Å². The molecule has 1 aromatic rings. The fourth-order valence-corrected chi connectivity index (χ4v) is 1.98. The van der Waals surface area contributed by atoms with Crippen molar-refractivity contribution in [1.82, 2.24) is 9.88 Å². The van der Waals surface area contributed by atoms with Gasteiger partial charge >= 0.3 is 0 Å². The number of nitrogen functional groups attached to an aromatic ring is 1. The van der Waals surface area contributed by atoms with Crippen LogP contribution in [0, 0.1) is 6.92 Å². The lowest BCUT2D eigenvalue weighted by molar-refractivity contribution is 0.273. The number of nitrogens with two attached hydrogens (primary N) is 1. The van der Waals surface area contributed by atoms with E-state index in [9.17, 15) is 0 Å². The number of hydrogen-bond donors (Lipinski definition) is 2. The van der Waals surface area contributed by atoms with Gasteiger partial charge < -0.3 is 16.0 Å². The van der Waals surface area contributed by atoms with Crippen LogP contribution in [0.1, 0.15) is 25.8 Å². The maximum absolute atomic E-state index is 5.79. The molecule has 102 valence electrons. The van der Waals surface area contributed by atoms with E-state index in [1.54, 1.807) is 6.20 Å². The maximum atomic E-state index is 5.79. The first kappa shape index (κ1) is 15.2. The van der Waals surface area contributed by atoms with Gasteiger partial charge in [0.15, 0.2) is 0 Å². The number of aromatic nitrogens is 1. The summed E-state index contributed by atoms with van der Waals surface area (Å²) in [6.45, 7) is 8.38. The molecule has 0 aromatic carbocycles. The van der Waals surface area contributed by atoms with Gasteiger partial charge in [-0.2, -0.15) is 0 Å². The highest BCUT2D eigenvalue weighted by molar-refractivity contribution is 9.10. The first-order chi connectivity index (χ1) is 8.43. The van der Waals surface area contributed by atoms with E-state index < -0.39 is 0 Å². The molecular weight excluding hydrogens is 292 g/mol. The number of halogens is 1. The van der Waals surface area contributed by atoms with E-state index in [4.69, 9.17) is 5.73 Å². The van der Waals surface area contributed by atoms with Crippen LogP contribution >= 0.6 is 15.9 Å². The predicted octanol–water partition coefficient (Wildman–Crippen LogP) is 2.88. The van der Waals surface area contributed by atoms with Crippen molar-refractivity contribution in [1.29, 1.82) is 0 Å². The summed E-state index contributed by atoms with van der Waals surface area (Å²) in [5, 5.41) is 3.34. The molecule has 1 heterocycles. The Balaban J connectivity index is 2.43. The summed E-state index contributed by atoms with van der Waals surface area (Å²) in [6, 6.07) is 0.591. The van der Waals surface area contributed by atoms with Gasteiger partial charge in [0, 0.05) is 12.6 Å².